The average Bonchev–Trinajstić information content (AvgIpc) is 2.92. The van der Waals surface area contributed by atoms with Crippen molar-refractivity contribution in [3.05, 3.63) is 24.3 Å². The molecule has 1 atom stereocenters. The third-order valence-electron chi connectivity index (χ3n) is 5.52. The molecular weight excluding hydrogens is 330 g/mol. The number of carbonyl (C=O) groups excluding carboxylic acids is 2. The lowest BCUT2D eigenvalue weighted by Crippen LogP contribution is -3.16. The summed E-state index contributed by atoms with van der Waals surface area (Å²) in [7, 11) is 0. The number of quaternary nitrogens is 2. The van der Waals surface area contributed by atoms with Crippen LogP contribution in [-0.2, 0) is 9.59 Å². The first kappa shape index (κ1) is 18.9. The molecule has 0 radical (unpaired) electrons. The van der Waals surface area contributed by atoms with Gasteiger partial charge in [-0.15, -0.1) is 0 Å². The molecule has 0 spiro atoms. The molecule has 2 saturated heterocycles. The lowest BCUT2D eigenvalue weighted by Gasteiger charge is -2.26. The fraction of sp³-hybridized carbons (Fsp3) is 0.600. The number of hydrogen-bond acceptors (Lipinski definition) is 3. The van der Waals surface area contributed by atoms with E-state index in [1.54, 1.807) is 29.2 Å². The third kappa shape index (κ3) is 4.43. The van der Waals surface area contributed by atoms with Gasteiger partial charge in [0.05, 0.1) is 31.8 Å². The van der Waals surface area contributed by atoms with Gasteiger partial charge in [-0.25, -0.2) is 4.90 Å². The van der Waals surface area contributed by atoms with Crippen molar-refractivity contribution in [1.82, 2.24) is 0 Å². The van der Waals surface area contributed by atoms with E-state index in [0.29, 0.717) is 18.7 Å². The van der Waals surface area contributed by atoms with Crippen LogP contribution in [0.15, 0.2) is 24.3 Å². The van der Waals surface area contributed by atoms with Crippen LogP contribution in [0.3, 0.4) is 0 Å². The van der Waals surface area contributed by atoms with Gasteiger partial charge in [-0.3, -0.25) is 9.59 Å². The molecule has 0 bridgehead atoms. The van der Waals surface area contributed by atoms with Gasteiger partial charge < -0.3 is 15.0 Å². The number of hydrogen-bond donors (Lipinski definition) is 2. The zero-order valence-electron chi connectivity index (χ0n) is 15.9. The average molecular weight is 361 g/mol. The van der Waals surface area contributed by atoms with Crippen molar-refractivity contribution in [2.24, 2.45) is 5.92 Å². The maximum absolute atomic E-state index is 12.7. The molecule has 2 fully saturated rings. The Morgan fingerprint density at radius 1 is 1.19 bits per heavy atom. The summed E-state index contributed by atoms with van der Waals surface area (Å²) in [5.41, 5.74) is 0.634. The van der Waals surface area contributed by atoms with E-state index in [4.69, 9.17) is 4.74 Å². The molecule has 0 saturated carbocycles. The van der Waals surface area contributed by atoms with Crippen LogP contribution in [0.1, 0.15) is 33.1 Å². The molecule has 2 aliphatic heterocycles. The van der Waals surface area contributed by atoms with Crippen LogP contribution < -0.4 is 19.9 Å². The summed E-state index contributed by atoms with van der Waals surface area (Å²) < 4.78 is 5.42. The van der Waals surface area contributed by atoms with Crippen molar-refractivity contribution >= 4 is 17.5 Å². The Bertz CT molecular complexity index is 624. The second-order valence-corrected chi connectivity index (χ2v) is 7.51. The Labute approximate surface area is 155 Å². The maximum atomic E-state index is 12.7. The Balaban J connectivity index is 1.51. The third-order valence-corrected chi connectivity index (χ3v) is 5.52. The number of nitrogens with two attached hydrogens (primary N) is 1. The smallest absolute Gasteiger partial charge is 0.292 e. The Morgan fingerprint density at radius 2 is 1.88 bits per heavy atom. The van der Waals surface area contributed by atoms with Gasteiger partial charge >= 0.3 is 0 Å². The summed E-state index contributed by atoms with van der Waals surface area (Å²) in [6.45, 7) is 9.25. The fourth-order valence-corrected chi connectivity index (χ4v) is 3.88. The standard InChI is InChI=1S/C20H29N3O3/c1-3-26-17-6-4-16(5-7-17)23-19(24)14-18(20(23)25)21-10-13-22-11-8-15(2)9-12-22/h4-7,15,18,21H,3,8-14H2,1-2H3/p+2/t18-/m1/s1. The van der Waals surface area contributed by atoms with Gasteiger partial charge in [0.2, 0.25) is 5.91 Å². The number of nitrogens with zero attached hydrogens (tertiary/aromatic N) is 1. The molecule has 0 aliphatic carbocycles. The van der Waals surface area contributed by atoms with Crippen molar-refractivity contribution in [3.63, 3.8) is 0 Å². The van der Waals surface area contributed by atoms with Gasteiger partial charge in [0, 0.05) is 0 Å². The quantitative estimate of drug-likeness (QED) is 0.649. The van der Waals surface area contributed by atoms with Gasteiger partial charge in [0.25, 0.3) is 5.91 Å². The number of imide groups is 1. The molecule has 6 nitrogen and oxygen atoms in total. The van der Waals surface area contributed by atoms with Gasteiger partial charge in [-0.05, 0) is 49.9 Å². The second-order valence-electron chi connectivity index (χ2n) is 7.51. The highest BCUT2D eigenvalue weighted by atomic mass is 16.5. The van der Waals surface area contributed by atoms with Crippen molar-refractivity contribution in [3.8, 4) is 5.75 Å². The summed E-state index contributed by atoms with van der Waals surface area (Å²) in [4.78, 5) is 28.0. The van der Waals surface area contributed by atoms with Crippen LogP contribution in [-0.4, -0.2) is 50.6 Å². The highest BCUT2D eigenvalue weighted by molar-refractivity contribution is 6.21. The van der Waals surface area contributed by atoms with E-state index in [0.717, 1.165) is 24.8 Å². The first-order chi connectivity index (χ1) is 12.6. The van der Waals surface area contributed by atoms with Crippen molar-refractivity contribution in [1.29, 1.82) is 0 Å². The second kappa shape index (κ2) is 8.64. The van der Waals surface area contributed by atoms with E-state index in [-0.39, 0.29) is 17.9 Å². The van der Waals surface area contributed by atoms with Gasteiger partial charge in [0.1, 0.15) is 18.8 Å². The topological polar surface area (TPSA) is 67.7 Å². The van der Waals surface area contributed by atoms with Crippen molar-refractivity contribution < 1.29 is 24.5 Å². The first-order valence-corrected chi connectivity index (χ1v) is 9.85. The molecule has 1 aromatic carbocycles. The summed E-state index contributed by atoms with van der Waals surface area (Å²) in [5.74, 6) is 1.39. The highest BCUT2D eigenvalue weighted by Gasteiger charge is 2.42. The number of amides is 2. The number of nitrogens with one attached hydrogen (secondary N) is 1. The zero-order valence-corrected chi connectivity index (χ0v) is 15.9. The van der Waals surface area contributed by atoms with Crippen LogP contribution in [0.4, 0.5) is 5.69 Å². The summed E-state index contributed by atoms with van der Waals surface area (Å²) in [6, 6.07) is 6.89. The van der Waals surface area contributed by atoms with Gasteiger partial charge in [-0.1, -0.05) is 6.92 Å². The minimum atomic E-state index is -0.280. The van der Waals surface area contributed by atoms with Crippen LogP contribution >= 0.6 is 0 Å². The molecule has 2 heterocycles. The highest BCUT2D eigenvalue weighted by Crippen LogP contribution is 2.24. The normalized spacial score (nSPS) is 26.4. The minimum absolute atomic E-state index is 0.0959. The van der Waals surface area contributed by atoms with Crippen LogP contribution in [0.2, 0.25) is 0 Å². The SMILES string of the molecule is CCOc1ccc(N2C(=O)C[C@@H]([NH2+]CC[NH+]3CCC(C)CC3)C2=O)cc1. The number of carbonyl (C=O) groups is 2. The first-order valence-electron chi connectivity index (χ1n) is 9.85. The van der Waals surface area contributed by atoms with Gasteiger partial charge in [-0.2, -0.15) is 0 Å². The Morgan fingerprint density at radius 3 is 2.54 bits per heavy atom. The number of anilines is 1. The molecule has 2 amide bonds. The van der Waals surface area contributed by atoms with E-state index in [1.807, 2.05) is 6.92 Å². The zero-order chi connectivity index (χ0) is 18.5. The number of rotatable bonds is 7. The molecule has 1 aromatic rings. The van der Waals surface area contributed by atoms with Gasteiger partial charge in [0.15, 0.2) is 6.04 Å². The number of piperidine rings is 1. The van der Waals surface area contributed by atoms with E-state index in [1.165, 1.54) is 30.8 Å². The molecule has 6 heteroatoms. The lowest BCUT2D eigenvalue weighted by atomic mass is 9.99. The number of ether oxygens (including phenoxy) is 1. The molecule has 0 unspecified atom stereocenters. The summed E-state index contributed by atoms with van der Waals surface area (Å²) >= 11 is 0. The lowest BCUT2D eigenvalue weighted by molar-refractivity contribution is -0.918. The molecule has 3 rings (SSSR count). The number of benzene rings is 1. The van der Waals surface area contributed by atoms with Crippen molar-refractivity contribution in [2.45, 2.75) is 39.2 Å². The molecular formula is C20H31N3O3+2. The van der Waals surface area contributed by atoms with E-state index < -0.39 is 0 Å². The monoisotopic (exact) mass is 361 g/mol. The minimum Gasteiger partial charge on any atom is -0.494 e. The molecule has 2 aliphatic rings. The number of likely N-dealkylation sites (tertiary alicyclic amines) is 1. The van der Waals surface area contributed by atoms with Crippen LogP contribution in [0.5, 0.6) is 5.75 Å². The maximum Gasteiger partial charge on any atom is 0.292 e. The predicted molar refractivity (Wildman–Crippen MR) is 99.3 cm³/mol. The molecule has 3 N–H and O–H groups in total. The molecule has 0 aromatic heterocycles. The van der Waals surface area contributed by atoms with E-state index in [2.05, 4.69) is 12.2 Å². The largest absolute Gasteiger partial charge is 0.494 e. The van der Waals surface area contributed by atoms with Crippen molar-refractivity contribution in [2.75, 3.05) is 37.7 Å². The Hall–Kier alpha value is -1.92. The Kier molecular flexibility index (Phi) is 6.27. The fourth-order valence-electron chi connectivity index (χ4n) is 3.88. The summed E-state index contributed by atoms with van der Waals surface area (Å²) in [6.07, 6.45) is 2.88. The van der Waals surface area contributed by atoms with Crippen LogP contribution in [0, 0.1) is 5.92 Å². The summed E-state index contributed by atoms with van der Waals surface area (Å²) in [5, 5.41) is 2.06. The molecule has 142 valence electrons. The van der Waals surface area contributed by atoms with Crippen LogP contribution in [0.25, 0.3) is 0 Å². The molecule has 26 heavy (non-hydrogen) atoms. The van der Waals surface area contributed by atoms with E-state index in [9.17, 15) is 9.59 Å². The predicted octanol–water partition coefficient (Wildman–Crippen LogP) is -0.405. The van der Waals surface area contributed by atoms with E-state index >= 15 is 0 Å².